The Morgan fingerprint density at radius 1 is 1.29 bits per heavy atom. The predicted octanol–water partition coefficient (Wildman–Crippen LogP) is 4.51. The highest BCUT2D eigenvalue weighted by molar-refractivity contribution is 9.09. The Hall–Kier alpha value is -0.560. The fourth-order valence-electron chi connectivity index (χ4n) is 1.41. The van der Waals surface area contributed by atoms with Crippen molar-refractivity contribution in [2.24, 2.45) is 5.92 Å². The number of rotatable bonds is 5. The Bertz CT molecular complexity index is 264. The number of benzene rings is 1. The van der Waals surface area contributed by atoms with E-state index in [0.717, 1.165) is 5.33 Å². The van der Waals surface area contributed by atoms with E-state index in [9.17, 15) is 0 Å². The summed E-state index contributed by atoms with van der Waals surface area (Å²) in [4.78, 5) is 0. The SMILES string of the molecule is CCCC(C=Cc1ccccc1)CBr. The van der Waals surface area contributed by atoms with E-state index in [-0.39, 0.29) is 0 Å². The maximum absolute atomic E-state index is 3.54. The smallest absolute Gasteiger partial charge is 0.00944 e. The van der Waals surface area contributed by atoms with Gasteiger partial charge in [-0.3, -0.25) is 0 Å². The van der Waals surface area contributed by atoms with Crippen molar-refractivity contribution in [2.45, 2.75) is 19.8 Å². The molecule has 0 saturated carbocycles. The molecule has 0 nitrogen and oxygen atoms in total. The summed E-state index contributed by atoms with van der Waals surface area (Å²) in [6.45, 7) is 2.23. The van der Waals surface area contributed by atoms with Crippen LogP contribution in [0.15, 0.2) is 36.4 Å². The lowest BCUT2D eigenvalue weighted by Crippen LogP contribution is -1.96. The normalized spacial score (nSPS) is 13.3. The van der Waals surface area contributed by atoms with Gasteiger partial charge in [0, 0.05) is 5.33 Å². The molecule has 14 heavy (non-hydrogen) atoms. The summed E-state index contributed by atoms with van der Waals surface area (Å²) in [5.74, 6) is 0.667. The highest BCUT2D eigenvalue weighted by Crippen LogP contribution is 2.13. The van der Waals surface area contributed by atoms with Gasteiger partial charge in [0.05, 0.1) is 0 Å². The summed E-state index contributed by atoms with van der Waals surface area (Å²) in [5, 5.41) is 1.06. The molecule has 1 unspecified atom stereocenters. The van der Waals surface area contributed by atoms with Crippen LogP contribution in [0.2, 0.25) is 0 Å². The van der Waals surface area contributed by atoms with Crippen LogP contribution in [-0.2, 0) is 0 Å². The number of hydrogen-bond acceptors (Lipinski definition) is 0. The molecule has 0 radical (unpaired) electrons. The quantitative estimate of drug-likeness (QED) is 0.677. The van der Waals surface area contributed by atoms with Crippen molar-refractivity contribution in [3.8, 4) is 0 Å². The third-order valence-corrected chi connectivity index (χ3v) is 3.05. The minimum Gasteiger partial charge on any atom is -0.0922 e. The van der Waals surface area contributed by atoms with Gasteiger partial charge in [-0.2, -0.15) is 0 Å². The fourth-order valence-corrected chi connectivity index (χ4v) is 1.95. The summed E-state index contributed by atoms with van der Waals surface area (Å²) in [5.41, 5.74) is 1.29. The van der Waals surface area contributed by atoms with Crippen LogP contribution in [0.25, 0.3) is 6.08 Å². The van der Waals surface area contributed by atoms with Gasteiger partial charge in [0.1, 0.15) is 0 Å². The van der Waals surface area contributed by atoms with Gasteiger partial charge in [0.2, 0.25) is 0 Å². The van der Waals surface area contributed by atoms with Crippen molar-refractivity contribution in [1.82, 2.24) is 0 Å². The van der Waals surface area contributed by atoms with Gasteiger partial charge in [-0.15, -0.1) is 0 Å². The van der Waals surface area contributed by atoms with Crippen LogP contribution in [0.4, 0.5) is 0 Å². The first-order chi connectivity index (χ1) is 6.86. The van der Waals surface area contributed by atoms with Crippen LogP contribution in [0.3, 0.4) is 0 Å². The van der Waals surface area contributed by atoms with Gasteiger partial charge in [-0.05, 0) is 17.9 Å². The molecule has 0 bridgehead atoms. The predicted molar refractivity (Wildman–Crippen MR) is 67.7 cm³/mol. The Labute approximate surface area is 95.2 Å². The van der Waals surface area contributed by atoms with E-state index in [0.29, 0.717) is 5.92 Å². The Morgan fingerprint density at radius 2 is 2.00 bits per heavy atom. The van der Waals surface area contributed by atoms with E-state index in [1.807, 2.05) is 6.07 Å². The lowest BCUT2D eigenvalue weighted by Gasteiger charge is -2.05. The molecule has 0 fully saturated rings. The molecule has 0 aliphatic rings. The summed E-state index contributed by atoms with van der Waals surface area (Å²) in [7, 11) is 0. The van der Waals surface area contributed by atoms with Crippen LogP contribution in [-0.4, -0.2) is 5.33 Å². The van der Waals surface area contributed by atoms with Crippen molar-refractivity contribution in [2.75, 3.05) is 5.33 Å². The minimum absolute atomic E-state index is 0.667. The third-order valence-electron chi connectivity index (χ3n) is 2.22. The number of alkyl halides is 1. The van der Waals surface area contributed by atoms with Crippen LogP contribution < -0.4 is 0 Å². The topological polar surface area (TPSA) is 0 Å². The average molecular weight is 253 g/mol. The summed E-state index contributed by atoms with van der Waals surface area (Å²) >= 11 is 3.54. The van der Waals surface area contributed by atoms with E-state index >= 15 is 0 Å². The second kappa shape index (κ2) is 6.83. The van der Waals surface area contributed by atoms with Crippen molar-refractivity contribution in [3.05, 3.63) is 42.0 Å². The Balaban J connectivity index is 2.53. The van der Waals surface area contributed by atoms with Crippen LogP contribution in [0.1, 0.15) is 25.3 Å². The summed E-state index contributed by atoms with van der Waals surface area (Å²) in [6, 6.07) is 10.5. The monoisotopic (exact) mass is 252 g/mol. The standard InChI is InChI=1S/C13H17Br/c1-2-6-13(11-14)10-9-12-7-4-3-5-8-12/h3-5,7-10,13H,2,6,11H2,1H3. The lowest BCUT2D eigenvalue weighted by atomic mass is 10.0. The molecule has 0 heterocycles. The van der Waals surface area contributed by atoms with Crippen molar-refractivity contribution >= 4 is 22.0 Å². The minimum atomic E-state index is 0.667. The van der Waals surface area contributed by atoms with Gasteiger partial charge in [-0.25, -0.2) is 0 Å². The van der Waals surface area contributed by atoms with Gasteiger partial charge >= 0.3 is 0 Å². The fraction of sp³-hybridized carbons (Fsp3) is 0.385. The Kier molecular flexibility index (Phi) is 5.62. The Morgan fingerprint density at radius 3 is 2.57 bits per heavy atom. The third kappa shape index (κ3) is 4.10. The van der Waals surface area contributed by atoms with Gasteiger partial charge in [-0.1, -0.05) is 71.8 Å². The highest BCUT2D eigenvalue weighted by Gasteiger charge is 1.99. The number of hydrogen-bond donors (Lipinski definition) is 0. The maximum Gasteiger partial charge on any atom is 0.00944 e. The second-order valence-electron chi connectivity index (χ2n) is 3.47. The van der Waals surface area contributed by atoms with Gasteiger partial charge in [0.15, 0.2) is 0 Å². The first kappa shape index (κ1) is 11.5. The van der Waals surface area contributed by atoms with Gasteiger partial charge in [0.25, 0.3) is 0 Å². The van der Waals surface area contributed by atoms with E-state index in [1.165, 1.54) is 18.4 Å². The van der Waals surface area contributed by atoms with Crippen molar-refractivity contribution < 1.29 is 0 Å². The van der Waals surface area contributed by atoms with E-state index < -0.39 is 0 Å². The highest BCUT2D eigenvalue weighted by atomic mass is 79.9. The summed E-state index contributed by atoms with van der Waals surface area (Å²) < 4.78 is 0. The molecule has 0 N–H and O–H groups in total. The zero-order valence-electron chi connectivity index (χ0n) is 8.62. The van der Waals surface area contributed by atoms with Gasteiger partial charge < -0.3 is 0 Å². The van der Waals surface area contributed by atoms with E-state index in [1.54, 1.807) is 0 Å². The molecule has 0 aliphatic heterocycles. The molecular weight excluding hydrogens is 236 g/mol. The second-order valence-corrected chi connectivity index (χ2v) is 4.12. The maximum atomic E-state index is 3.54. The zero-order valence-corrected chi connectivity index (χ0v) is 10.2. The molecule has 0 aliphatic carbocycles. The molecule has 0 saturated heterocycles. The molecule has 0 amide bonds. The van der Waals surface area contributed by atoms with Crippen LogP contribution >= 0.6 is 15.9 Å². The lowest BCUT2D eigenvalue weighted by molar-refractivity contribution is 0.649. The molecular formula is C13H17Br. The van der Waals surface area contributed by atoms with E-state index in [2.05, 4.69) is 59.3 Å². The largest absolute Gasteiger partial charge is 0.0922 e. The molecule has 1 heteroatoms. The molecule has 76 valence electrons. The molecule has 1 aromatic rings. The molecule has 1 atom stereocenters. The first-order valence-electron chi connectivity index (χ1n) is 5.16. The number of halogens is 1. The summed E-state index contributed by atoms with van der Waals surface area (Å²) in [6.07, 6.45) is 7.01. The first-order valence-corrected chi connectivity index (χ1v) is 6.28. The molecule has 0 spiro atoms. The van der Waals surface area contributed by atoms with E-state index in [4.69, 9.17) is 0 Å². The zero-order chi connectivity index (χ0) is 10.2. The van der Waals surface area contributed by atoms with Crippen molar-refractivity contribution in [1.29, 1.82) is 0 Å². The molecule has 1 aromatic carbocycles. The molecule has 1 rings (SSSR count). The van der Waals surface area contributed by atoms with Crippen LogP contribution in [0, 0.1) is 5.92 Å². The number of allylic oxidation sites excluding steroid dienone is 1. The van der Waals surface area contributed by atoms with Crippen LogP contribution in [0.5, 0.6) is 0 Å². The molecule has 0 aromatic heterocycles. The average Bonchev–Trinajstić information content (AvgIpc) is 2.25. The van der Waals surface area contributed by atoms with Crippen molar-refractivity contribution in [3.63, 3.8) is 0 Å².